The number of thioether (sulfide) groups is 1. The highest BCUT2D eigenvalue weighted by Gasteiger charge is 2.05. The van der Waals surface area contributed by atoms with E-state index in [0.29, 0.717) is 5.25 Å². The van der Waals surface area contributed by atoms with Gasteiger partial charge >= 0.3 is 0 Å². The van der Waals surface area contributed by atoms with Gasteiger partial charge < -0.3 is 9.14 Å². The first-order valence-corrected chi connectivity index (χ1v) is 6.37. The molecule has 0 fully saturated rings. The fourth-order valence-electron chi connectivity index (χ4n) is 1.57. The lowest BCUT2D eigenvalue weighted by atomic mass is 10.5. The van der Waals surface area contributed by atoms with E-state index in [2.05, 4.69) is 22.5 Å². The largest absolute Gasteiger partial charge is 0.384 e. The van der Waals surface area contributed by atoms with Gasteiger partial charge in [-0.3, -0.25) is 0 Å². The Balaban J connectivity index is 1.99. The molecule has 0 spiro atoms. The highest BCUT2D eigenvalue weighted by atomic mass is 32.2. The summed E-state index contributed by atoms with van der Waals surface area (Å²) in [7, 11) is 1.74. The lowest BCUT2D eigenvalue weighted by Gasteiger charge is -2.07. The molecule has 16 heavy (non-hydrogen) atoms. The van der Waals surface area contributed by atoms with Crippen molar-refractivity contribution in [3.05, 3.63) is 36.3 Å². The maximum absolute atomic E-state index is 5.10. The summed E-state index contributed by atoms with van der Waals surface area (Å²) in [6, 6.07) is 6.04. The number of ether oxygens (including phenoxy) is 1. The lowest BCUT2D eigenvalue weighted by Crippen LogP contribution is -2.05. The van der Waals surface area contributed by atoms with E-state index in [9.17, 15) is 0 Å². The highest BCUT2D eigenvalue weighted by Crippen LogP contribution is 2.17. The van der Waals surface area contributed by atoms with E-state index in [1.54, 1.807) is 7.11 Å². The molecule has 0 N–H and O–H groups in total. The molecule has 86 valence electrons. The number of imidazole rings is 1. The maximum atomic E-state index is 5.10. The molecule has 0 aliphatic carbocycles. The summed E-state index contributed by atoms with van der Waals surface area (Å²) in [6.45, 7) is 2.96. The number of methoxy groups -OCH3 is 1. The van der Waals surface area contributed by atoms with Crippen LogP contribution >= 0.6 is 11.8 Å². The Labute approximate surface area is 99.8 Å². The van der Waals surface area contributed by atoms with Crippen molar-refractivity contribution in [2.24, 2.45) is 0 Å². The number of nitrogens with zero attached hydrogens (tertiary/aromatic N) is 2. The second kappa shape index (κ2) is 5.37. The predicted octanol–water partition coefficient (Wildman–Crippen LogP) is 2.60. The van der Waals surface area contributed by atoms with Crippen LogP contribution in [0.1, 0.15) is 12.6 Å². The molecule has 0 radical (unpaired) electrons. The Hall–Kier alpha value is -1.00. The van der Waals surface area contributed by atoms with Crippen molar-refractivity contribution in [2.45, 2.75) is 17.9 Å². The molecule has 0 unspecified atom stereocenters. The first-order valence-electron chi connectivity index (χ1n) is 5.33. The van der Waals surface area contributed by atoms with Crippen LogP contribution in [0.25, 0.3) is 5.65 Å². The van der Waals surface area contributed by atoms with Gasteiger partial charge in [-0.1, -0.05) is 13.0 Å². The summed E-state index contributed by atoms with van der Waals surface area (Å²) in [5.74, 6) is 0.937. The summed E-state index contributed by atoms with van der Waals surface area (Å²) in [5.41, 5.74) is 2.14. The minimum atomic E-state index is 0.509. The molecule has 0 amide bonds. The van der Waals surface area contributed by atoms with Gasteiger partial charge in [0, 0.05) is 30.5 Å². The average molecular weight is 236 g/mol. The van der Waals surface area contributed by atoms with Gasteiger partial charge in [0.05, 0.1) is 12.3 Å². The minimum Gasteiger partial charge on any atom is -0.384 e. The molecule has 0 aliphatic rings. The second-order valence-electron chi connectivity index (χ2n) is 3.78. The molecule has 2 aromatic rings. The molecule has 3 nitrogen and oxygen atoms in total. The zero-order valence-corrected chi connectivity index (χ0v) is 10.4. The van der Waals surface area contributed by atoms with Crippen molar-refractivity contribution in [2.75, 3.05) is 13.7 Å². The molecule has 0 saturated carbocycles. The zero-order valence-electron chi connectivity index (χ0n) is 9.59. The molecular weight excluding hydrogens is 220 g/mol. The van der Waals surface area contributed by atoms with Gasteiger partial charge in [0.2, 0.25) is 0 Å². The third-order valence-electron chi connectivity index (χ3n) is 2.33. The monoisotopic (exact) mass is 236 g/mol. The Morgan fingerprint density at radius 3 is 3.12 bits per heavy atom. The maximum Gasteiger partial charge on any atom is 0.137 e. The fraction of sp³-hybridized carbons (Fsp3) is 0.417. The topological polar surface area (TPSA) is 26.5 Å². The van der Waals surface area contributed by atoms with Gasteiger partial charge in [-0.15, -0.1) is 11.8 Å². The number of hydrogen-bond donors (Lipinski definition) is 0. The SMILES string of the molecule is COC[C@H](C)SCc1cn2ccccc2n1. The Bertz CT molecular complexity index is 422. The summed E-state index contributed by atoms with van der Waals surface area (Å²) in [6.07, 6.45) is 4.11. The highest BCUT2D eigenvalue weighted by molar-refractivity contribution is 7.99. The van der Waals surface area contributed by atoms with Crippen LogP contribution < -0.4 is 0 Å². The van der Waals surface area contributed by atoms with E-state index in [1.165, 1.54) is 0 Å². The van der Waals surface area contributed by atoms with Gasteiger partial charge in [0.25, 0.3) is 0 Å². The van der Waals surface area contributed by atoms with Crippen LogP contribution in [0.2, 0.25) is 0 Å². The average Bonchev–Trinajstić information content (AvgIpc) is 2.69. The summed E-state index contributed by atoms with van der Waals surface area (Å²) in [5, 5.41) is 0.509. The normalized spacial score (nSPS) is 13.1. The summed E-state index contributed by atoms with van der Waals surface area (Å²) < 4.78 is 7.16. The number of fused-ring (bicyclic) bond motifs is 1. The van der Waals surface area contributed by atoms with Crippen molar-refractivity contribution < 1.29 is 4.74 Å². The smallest absolute Gasteiger partial charge is 0.137 e. The molecular formula is C12H16N2OS. The number of pyridine rings is 1. The first-order chi connectivity index (χ1) is 7.79. The molecule has 0 saturated heterocycles. The molecule has 2 rings (SSSR count). The summed E-state index contributed by atoms with van der Waals surface area (Å²) >= 11 is 1.87. The number of rotatable bonds is 5. The first kappa shape index (κ1) is 11.5. The number of aromatic nitrogens is 2. The van der Waals surface area contributed by atoms with Crippen molar-refractivity contribution in [3.8, 4) is 0 Å². The van der Waals surface area contributed by atoms with Gasteiger partial charge in [-0.2, -0.15) is 0 Å². The van der Waals surface area contributed by atoms with Crippen LogP contribution in [0.4, 0.5) is 0 Å². The van der Waals surface area contributed by atoms with E-state index < -0.39 is 0 Å². The third kappa shape index (κ3) is 2.77. The predicted molar refractivity (Wildman–Crippen MR) is 67.8 cm³/mol. The molecule has 0 aliphatic heterocycles. The van der Waals surface area contributed by atoms with Crippen molar-refractivity contribution in [1.29, 1.82) is 0 Å². The van der Waals surface area contributed by atoms with Gasteiger partial charge in [-0.05, 0) is 12.1 Å². The quantitative estimate of drug-likeness (QED) is 0.798. The van der Waals surface area contributed by atoms with Crippen molar-refractivity contribution in [1.82, 2.24) is 9.38 Å². The molecule has 0 aromatic carbocycles. The van der Waals surface area contributed by atoms with Crippen LogP contribution in [0.3, 0.4) is 0 Å². The van der Waals surface area contributed by atoms with Crippen LogP contribution in [0.15, 0.2) is 30.6 Å². The van der Waals surface area contributed by atoms with E-state index in [0.717, 1.165) is 23.7 Å². The van der Waals surface area contributed by atoms with Gasteiger partial charge in [-0.25, -0.2) is 4.98 Å². The van der Waals surface area contributed by atoms with Crippen molar-refractivity contribution in [3.63, 3.8) is 0 Å². The van der Waals surface area contributed by atoms with E-state index in [4.69, 9.17) is 4.74 Å². The third-order valence-corrected chi connectivity index (χ3v) is 3.50. The standard InChI is InChI=1S/C12H16N2OS/c1-10(8-15-2)16-9-11-7-14-6-4-3-5-12(14)13-11/h3-7,10H,8-9H2,1-2H3/t10-/m0/s1. The lowest BCUT2D eigenvalue weighted by molar-refractivity contribution is 0.203. The molecule has 2 heterocycles. The Morgan fingerprint density at radius 1 is 1.50 bits per heavy atom. The van der Waals surface area contributed by atoms with Crippen LogP contribution in [-0.2, 0) is 10.5 Å². The van der Waals surface area contributed by atoms with Crippen LogP contribution in [0, 0.1) is 0 Å². The Kier molecular flexibility index (Phi) is 3.85. The zero-order chi connectivity index (χ0) is 11.4. The van der Waals surface area contributed by atoms with Gasteiger partial charge in [0.1, 0.15) is 5.65 Å². The number of hydrogen-bond acceptors (Lipinski definition) is 3. The second-order valence-corrected chi connectivity index (χ2v) is 5.20. The van der Waals surface area contributed by atoms with Crippen LogP contribution in [-0.4, -0.2) is 28.4 Å². The van der Waals surface area contributed by atoms with E-state index >= 15 is 0 Å². The fourth-order valence-corrected chi connectivity index (χ4v) is 2.39. The molecule has 2 aromatic heterocycles. The van der Waals surface area contributed by atoms with Gasteiger partial charge in [0.15, 0.2) is 0 Å². The minimum absolute atomic E-state index is 0.509. The van der Waals surface area contributed by atoms with Crippen LogP contribution in [0.5, 0.6) is 0 Å². The molecule has 0 bridgehead atoms. The molecule has 4 heteroatoms. The summed E-state index contributed by atoms with van der Waals surface area (Å²) in [4.78, 5) is 4.55. The van der Waals surface area contributed by atoms with E-state index in [1.807, 2.05) is 36.2 Å². The van der Waals surface area contributed by atoms with E-state index in [-0.39, 0.29) is 0 Å². The van der Waals surface area contributed by atoms with Crippen molar-refractivity contribution >= 4 is 17.4 Å². The molecule has 1 atom stereocenters. The Morgan fingerprint density at radius 2 is 2.38 bits per heavy atom.